The monoisotopic (exact) mass is 454 g/mol. The van der Waals surface area contributed by atoms with Gasteiger partial charge in [-0.05, 0) is 82.0 Å². The van der Waals surface area contributed by atoms with E-state index in [1.54, 1.807) is 4.68 Å². The highest BCUT2D eigenvalue weighted by Gasteiger charge is 2.16. The molecule has 0 radical (unpaired) electrons. The van der Waals surface area contributed by atoms with Crippen molar-refractivity contribution in [1.82, 2.24) is 14.8 Å². The van der Waals surface area contributed by atoms with Crippen molar-refractivity contribution < 1.29 is 9.59 Å². The second-order valence-corrected chi connectivity index (χ2v) is 9.13. The van der Waals surface area contributed by atoms with Gasteiger partial charge < -0.3 is 5.32 Å². The third kappa shape index (κ3) is 4.76. The molecule has 174 valence electrons. The van der Waals surface area contributed by atoms with Crippen LogP contribution in [0.4, 0.5) is 5.82 Å². The number of aryl methyl sites for hydroxylation is 6. The zero-order chi connectivity index (χ0) is 24.6. The van der Waals surface area contributed by atoms with Crippen LogP contribution in [0.2, 0.25) is 0 Å². The maximum atomic E-state index is 12.7. The van der Waals surface area contributed by atoms with Gasteiger partial charge in [0.15, 0.2) is 11.6 Å². The van der Waals surface area contributed by atoms with E-state index in [0.717, 1.165) is 38.9 Å². The topological polar surface area (TPSA) is 76.9 Å². The summed E-state index contributed by atoms with van der Waals surface area (Å²) in [5.74, 6) is 0.909. The van der Waals surface area contributed by atoms with Gasteiger partial charge in [0.1, 0.15) is 5.82 Å². The SMILES string of the molecule is Cc1cc(C)c2nc(-n3nc(C)cc3NC(=O)CCC(=O)c3ccc(C)c(C)c3)cc(C)c2c1. The van der Waals surface area contributed by atoms with E-state index in [-0.39, 0.29) is 24.5 Å². The van der Waals surface area contributed by atoms with Crippen LogP contribution in [0.1, 0.15) is 56.7 Å². The Morgan fingerprint density at radius 2 is 1.59 bits per heavy atom. The zero-order valence-electron chi connectivity index (χ0n) is 20.6. The van der Waals surface area contributed by atoms with E-state index in [1.165, 1.54) is 5.56 Å². The third-order valence-corrected chi connectivity index (χ3v) is 6.17. The number of carbonyl (C=O) groups is 2. The summed E-state index contributed by atoms with van der Waals surface area (Å²) in [5, 5.41) is 8.59. The van der Waals surface area contributed by atoms with Crippen LogP contribution in [-0.4, -0.2) is 26.5 Å². The number of benzene rings is 2. The highest BCUT2D eigenvalue weighted by atomic mass is 16.2. The Balaban J connectivity index is 1.54. The first-order valence-electron chi connectivity index (χ1n) is 11.5. The lowest BCUT2D eigenvalue weighted by Gasteiger charge is -2.12. The summed E-state index contributed by atoms with van der Waals surface area (Å²) in [6, 6.07) is 13.7. The molecule has 2 heterocycles. The second-order valence-electron chi connectivity index (χ2n) is 9.13. The van der Waals surface area contributed by atoms with Gasteiger partial charge in [-0.2, -0.15) is 9.78 Å². The molecule has 0 atom stereocenters. The van der Waals surface area contributed by atoms with Crippen LogP contribution in [0.15, 0.2) is 42.5 Å². The number of nitrogens with zero attached hydrogens (tertiary/aromatic N) is 3. The minimum absolute atomic E-state index is 0.0412. The number of aromatic nitrogens is 3. The van der Waals surface area contributed by atoms with Gasteiger partial charge >= 0.3 is 0 Å². The lowest BCUT2D eigenvalue weighted by Crippen LogP contribution is -2.16. The molecule has 6 nitrogen and oxygen atoms in total. The van der Waals surface area contributed by atoms with Crippen molar-refractivity contribution in [1.29, 1.82) is 0 Å². The molecule has 0 bridgehead atoms. The average molecular weight is 455 g/mol. The number of fused-ring (bicyclic) bond motifs is 1. The minimum atomic E-state index is -0.234. The van der Waals surface area contributed by atoms with Crippen LogP contribution in [0.3, 0.4) is 0 Å². The Morgan fingerprint density at radius 1 is 0.824 bits per heavy atom. The van der Waals surface area contributed by atoms with Crippen molar-refractivity contribution in [3.05, 3.63) is 81.5 Å². The van der Waals surface area contributed by atoms with Crippen LogP contribution in [-0.2, 0) is 4.79 Å². The molecule has 0 saturated carbocycles. The Hall–Kier alpha value is -3.80. The van der Waals surface area contributed by atoms with Gasteiger partial charge in [0.25, 0.3) is 0 Å². The van der Waals surface area contributed by atoms with Gasteiger partial charge in [-0.25, -0.2) is 4.98 Å². The number of hydrogen-bond acceptors (Lipinski definition) is 4. The molecule has 2 aromatic carbocycles. The number of ketones is 1. The normalized spacial score (nSPS) is 11.1. The second kappa shape index (κ2) is 9.21. The number of pyridine rings is 1. The standard InChI is InChI=1S/C28H30N4O2/c1-16-11-20(5)28-23(12-16)19(4)14-25(30-28)32-26(15-21(6)31-32)29-27(34)10-9-24(33)22-8-7-17(2)18(3)13-22/h7-8,11-15H,9-10H2,1-6H3,(H,29,34). The van der Waals surface area contributed by atoms with Crippen LogP contribution >= 0.6 is 0 Å². The van der Waals surface area contributed by atoms with Crippen LogP contribution in [0.5, 0.6) is 0 Å². The predicted octanol–water partition coefficient (Wildman–Crippen LogP) is 5.87. The fourth-order valence-corrected chi connectivity index (χ4v) is 4.19. The van der Waals surface area contributed by atoms with Crippen molar-refractivity contribution in [3.8, 4) is 5.82 Å². The molecule has 0 aliphatic carbocycles. The fraction of sp³-hybridized carbons (Fsp3) is 0.286. The Kier molecular flexibility index (Phi) is 6.33. The number of Topliss-reactive ketones (excluding diaryl/α,β-unsaturated/α-hetero) is 1. The molecule has 0 saturated heterocycles. The van der Waals surface area contributed by atoms with Gasteiger partial charge in [0.2, 0.25) is 5.91 Å². The maximum Gasteiger partial charge on any atom is 0.225 e. The Bertz CT molecular complexity index is 1430. The fourth-order valence-electron chi connectivity index (χ4n) is 4.19. The Labute approximate surface area is 200 Å². The maximum absolute atomic E-state index is 12.7. The molecule has 2 aromatic heterocycles. The first kappa shape index (κ1) is 23.4. The first-order chi connectivity index (χ1) is 16.1. The van der Waals surface area contributed by atoms with E-state index in [1.807, 2.05) is 51.1 Å². The molecule has 6 heteroatoms. The van der Waals surface area contributed by atoms with Gasteiger partial charge in [-0.15, -0.1) is 0 Å². The van der Waals surface area contributed by atoms with E-state index < -0.39 is 0 Å². The summed E-state index contributed by atoms with van der Waals surface area (Å²) in [4.78, 5) is 30.1. The van der Waals surface area contributed by atoms with Crippen molar-refractivity contribution in [2.75, 3.05) is 5.32 Å². The summed E-state index contributed by atoms with van der Waals surface area (Å²) in [6.07, 6.45) is 0.242. The molecule has 1 amide bonds. The van der Waals surface area contributed by atoms with Gasteiger partial charge in [-0.3, -0.25) is 9.59 Å². The van der Waals surface area contributed by atoms with Crippen molar-refractivity contribution in [2.45, 2.75) is 54.4 Å². The third-order valence-electron chi connectivity index (χ3n) is 6.17. The van der Waals surface area contributed by atoms with E-state index in [9.17, 15) is 9.59 Å². The van der Waals surface area contributed by atoms with Crippen molar-refractivity contribution in [2.24, 2.45) is 0 Å². The quantitative estimate of drug-likeness (QED) is 0.370. The Morgan fingerprint density at radius 3 is 2.32 bits per heavy atom. The van der Waals surface area contributed by atoms with E-state index in [4.69, 9.17) is 4.98 Å². The van der Waals surface area contributed by atoms with Gasteiger partial charge in [0, 0.05) is 29.9 Å². The molecule has 4 rings (SSSR count). The van der Waals surface area contributed by atoms with Gasteiger partial charge in [0.05, 0.1) is 11.2 Å². The summed E-state index contributed by atoms with van der Waals surface area (Å²) in [6.45, 7) is 12.0. The lowest BCUT2D eigenvalue weighted by molar-refractivity contribution is -0.116. The van der Waals surface area contributed by atoms with Gasteiger partial charge in [-0.1, -0.05) is 23.8 Å². The number of nitrogens with one attached hydrogen (secondary N) is 1. The zero-order valence-corrected chi connectivity index (χ0v) is 20.6. The summed E-state index contributed by atoms with van der Waals surface area (Å²) in [7, 11) is 0. The van der Waals surface area contributed by atoms with E-state index in [0.29, 0.717) is 17.2 Å². The molecule has 0 aliphatic rings. The van der Waals surface area contributed by atoms with Crippen LogP contribution in [0.25, 0.3) is 16.7 Å². The highest BCUT2D eigenvalue weighted by molar-refractivity contribution is 6.00. The lowest BCUT2D eigenvalue weighted by atomic mass is 10.0. The summed E-state index contributed by atoms with van der Waals surface area (Å²) < 4.78 is 1.66. The smallest absolute Gasteiger partial charge is 0.225 e. The molecule has 0 aliphatic heterocycles. The number of rotatable bonds is 6. The van der Waals surface area contributed by atoms with Crippen LogP contribution in [0, 0.1) is 41.5 Å². The molecular weight excluding hydrogens is 424 g/mol. The van der Waals surface area contributed by atoms with Crippen molar-refractivity contribution >= 4 is 28.4 Å². The van der Waals surface area contributed by atoms with Crippen molar-refractivity contribution in [3.63, 3.8) is 0 Å². The predicted molar refractivity (Wildman–Crippen MR) is 136 cm³/mol. The molecule has 4 aromatic rings. The average Bonchev–Trinajstić information content (AvgIpc) is 3.14. The number of hydrogen-bond donors (Lipinski definition) is 1. The summed E-state index contributed by atoms with van der Waals surface area (Å²) in [5.41, 5.74) is 7.92. The van der Waals surface area contributed by atoms with E-state index in [2.05, 4.69) is 43.3 Å². The molecular formula is C28H30N4O2. The molecule has 1 N–H and O–H groups in total. The number of amides is 1. The first-order valence-corrected chi connectivity index (χ1v) is 11.5. The highest BCUT2D eigenvalue weighted by Crippen LogP contribution is 2.26. The molecule has 34 heavy (non-hydrogen) atoms. The molecule has 0 spiro atoms. The summed E-state index contributed by atoms with van der Waals surface area (Å²) >= 11 is 0. The number of carbonyl (C=O) groups excluding carboxylic acids is 2. The molecule has 0 unspecified atom stereocenters. The number of anilines is 1. The minimum Gasteiger partial charge on any atom is -0.311 e. The van der Waals surface area contributed by atoms with Crippen LogP contribution < -0.4 is 5.32 Å². The largest absolute Gasteiger partial charge is 0.311 e. The van der Waals surface area contributed by atoms with E-state index >= 15 is 0 Å². The molecule has 0 fully saturated rings.